The second-order valence-electron chi connectivity index (χ2n) is 8.06. The van der Waals surface area contributed by atoms with E-state index in [9.17, 15) is 4.79 Å². The zero-order chi connectivity index (χ0) is 26.2. The number of allylic oxidation sites excluding steroid dienone is 3. The Morgan fingerprint density at radius 1 is 1.14 bits per heavy atom. The van der Waals surface area contributed by atoms with E-state index in [1.54, 1.807) is 19.4 Å². The van der Waals surface area contributed by atoms with Gasteiger partial charge in [0, 0.05) is 30.7 Å². The number of dihydropyridines is 1. The summed E-state index contributed by atoms with van der Waals surface area (Å²) in [7, 11) is 1.60. The number of amides is 1. The van der Waals surface area contributed by atoms with Crippen molar-refractivity contribution in [2.24, 2.45) is 4.99 Å². The van der Waals surface area contributed by atoms with Crippen LogP contribution >= 0.6 is 0 Å². The number of para-hydroxylation sites is 1. The van der Waals surface area contributed by atoms with Crippen molar-refractivity contribution < 1.29 is 14.3 Å². The van der Waals surface area contributed by atoms with Crippen LogP contribution < -0.4 is 16.0 Å². The third-order valence-electron chi connectivity index (χ3n) is 5.64. The molecule has 2 heterocycles. The summed E-state index contributed by atoms with van der Waals surface area (Å²) in [4.78, 5) is 17.6. The Kier molecular flexibility index (Phi) is 8.01. The molecule has 0 aliphatic carbocycles. The summed E-state index contributed by atoms with van der Waals surface area (Å²) < 4.78 is 10.5. The molecule has 37 heavy (non-hydrogen) atoms. The highest BCUT2D eigenvalue weighted by Gasteiger charge is 2.27. The van der Waals surface area contributed by atoms with E-state index in [4.69, 9.17) is 25.7 Å². The topological polar surface area (TPSA) is 156 Å². The first kappa shape index (κ1) is 25.3. The van der Waals surface area contributed by atoms with Gasteiger partial charge in [0.2, 0.25) is 12.1 Å². The molecule has 10 heteroatoms. The molecule has 0 radical (unpaired) electrons. The quantitative estimate of drug-likeness (QED) is 0.256. The van der Waals surface area contributed by atoms with E-state index in [-0.39, 0.29) is 5.57 Å². The second kappa shape index (κ2) is 11.7. The van der Waals surface area contributed by atoms with Crippen LogP contribution in [-0.2, 0) is 14.3 Å². The fraction of sp³-hybridized carbons (Fsp3) is 0.148. The van der Waals surface area contributed by atoms with Crippen LogP contribution in [0.15, 0.2) is 94.8 Å². The van der Waals surface area contributed by atoms with E-state index in [1.807, 2.05) is 60.7 Å². The summed E-state index contributed by atoms with van der Waals surface area (Å²) in [6.07, 6.45) is 5.71. The van der Waals surface area contributed by atoms with Crippen LogP contribution in [0.3, 0.4) is 0 Å². The lowest BCUT2D eigenvalue weighted by atomic mass is 10.0. The summed E-state index contributed by atoms with van der Waals surface area (Å²) in [6, 6.07) is 16.2. The summed E-state index contributed by atoms with van der Waals surface area (Å²) in [5.41, 5.74) is 4.21. The lowest BCUT2D eigenvalue weighted by Gasteiger charge is -2.20. The first-order valence-corrected chi connectivity index (χ1v) is 11.5. The van der Waals surface area contributed by atoms with Crippen LogP contribution in [0, 0.1) is 16.2 Å². The van der Waals surface area contributed by atoms with Gasteiger partial charge >= 0.3 is 0 Å². The number of hydrogen-bond donors (Lipinski definition) is 6. The highest BCUT2D eigenvalue weighted by atomic mass is 16.5. The van der Waals surface area contributed by atoms with Gasteiger partial charge in [0.05, 0.1) is 29.3 Å². The maximum atomic E-state index is 13.0. The van der Waals surface area contributed by atoms with Crippen LogP contribution in [0.25, 0.3) is 0 Å². The number of ether oxygens (including phenoxy) is 2. The molecule has 2 aromatic rings. The number of methoxy groups -OCH3 is 1. The lowest BCUT2D eigenvalue weighted by Crippen LogP contribution is -2.43. The minimum Gasteiger partial charge on any atom is -0.407 e. The molecule has 2 aliphatic rings. The number of nitrogens with one attached hydrogen (secondary N) is 6. The lowest BCUT2D eigenvalue weighted by molar-refractivity contribution is -0.117. The molecule has 6 N–H and O–H groups in total. The monoisotopic (exact) mass is 497 g/mol. The van der Waals surface area contributed by atoms with Crippen LogP contribution in [-0.4, -0.2) is 49.6 Å². The van der Waals surface area contributed by atoms with Gasteiger partial charge in [-0.1, -0.05) is 54.6 Å². The summed E-state index contributed by atoms with van der Waals surface area (Å²) in [6.45, 7) is 0.461. The van der Waals surface area contributed by atoms with E-state index in [2.05, 4.69) is 20.9 Å². The molecule has 10 nitrogen and oxygen atoms in total. The number of benzodiazepines with no additional fused rings is 1. The van der Waals surface area contributed by atoms with Gasteiger partial charge < -0.3 is 30.8 Å². The molecular formula is C27H27N7O3. The standard InChI is InChI=1S/C27H27N7O3/c1-36-15-13-18-10-7-14-31-22(18)20(16-28)24(29)37-27(30)34-25-26(35)32-21-12-6-5-11-19(21)23(33-25)17-8-3-2-4-9-17/h2-12,14,16,25,28-29,31H,13,15H2,1H3,(H2,30,34)(H,32,35)/b22-20+,28-16?,29-24?. The molecule has 188 valence electrons. The van der Waals surface area contributed by atoms with Gasteiger partial charge in [0.1, 0.15) is 0 Å². The van der Waals surface area contributed by atoms with Crippen molar-refractivity contribution in [3.8, 4) is 0 Å². The van der Waals surface area contributed by atoms with Crippen LogP contribution in [0.1, 0.15) is 17.5 Å². The maximum absolute atomic E-state index is 13.0. The molecule has 0 spiro atoms. The Morgan fingerprint density at radius 3 is 2.65 bits per heavy atom. The van der Waals surface area contributed by atoms with Crippen molar-refractivity contribution in [1.29, 1.82) is 16.2 Å². The Morgan fingerprint density at radius 2 is 1.89 bits per heavy atom. The van der Waals surface area contributed by atoms with Gasteiger partial charge in [-0.2, -0.15) is 0 Å². The highest BCUT2D eigenvalue weighted by Crippen LogP contribution is 2.24. The van der Waals surface area contributed by atoms with Crippen molar-refractivity contribution in [2.75, 3.05) is 19.0 Å². The van der Waals surface area contributed by atoms with Crippen molar-refractivity contribution >= 4 is 35.4 Å². The number of fused-ring (bicyclic) bond motifs is 1. The van der Waals surface area contributed by atoms with E-state index in [1.165, 1.54) is 0 Å². The average Bonchev–Trinajstić information content (AvgIpc) is 3.05. The minimum absolute atomic E-state index is 0.143. The van der Waals surface area contributed by atoms with E-state index < -0.39 is 24.0 Å². The number of carbonyl (C=O) groups is 1. The number of nitrogens with zero attached hydrogens (tertiary/aromatic N) is 1. The number of anilines is 1. The van der Waals surface area contributed by atoms with Crippen LogP contribution in [0.2, 0.25) is 0 Å². The smallest absolute Gasteiger partial charge is 0.290 e. The van der Waals surface area contributed by atoms with Crippen LogP contribution in [0.5, 0.6) is 0 Å². The molecule has 4 rings (SSSR count). The average molecular weight is 498 g/mol. The van der Waals surface area contributed by atoms with Crippen molar-refractivity contribution in [3.05, 3.63) is 101 Å². The molecule has 0 fully saturated rings. The number of rotatable bonds is 7. The van der Waals surface area contributed by atoms with E-state index in [0.29, 0.717) is 30.1 Å². The van der Waals surface area contributed by atoms with Crippen LogP contribution in [0.4, 0.5) is 5.69 Å². The molecule has 1 unspecified atom stereocenters. The van der Waals surface area contributed by atoms with Gasteiger partial charge in [0.25, 0.3) is 11.9 Å². The third kappa shape index (κ3) is 5.88. The molecule has 1 amide bonds. The second-order valence-corrected chi connectivity index (χ2v) is 8.06. The molecule has 0 bridgehead atoms. The number of benzene rings is 2. The van der Waals surface area contributed by atoms with Crippen molar-refractivity contribution in [3.63, 3.8) is 0 Å². The maximum Gasteiger partial charge on any atom is 0.290 e. The SMILES string of the molecule is COCCC1=CC=CN/C1=C(\C=N)C(=N)OC(=N)NC1N=C(c2ccccc2)c2ccccc2NC1=O. The molecule has 2 aliphatic heterocycles. The summed E-state index contributed by atoms with van der Waals surface area (Å²) in [5, 5.41) is 33.1. The summed E-state index contributed by atoms with van der Waals surface area (Å²) >= 11 is 0. The number of carbonyl (C=O) groups excluding carboxylic acids is 1. The summed E-state index contributed by atoms with van der Waals surface area (Å²) in [5.74, 6) is -0.911. The predicted octanol–water partition coefficient (Wildman–Crippen LogP) is 3.30. The van der Waals surface area contributed by atoms with Gasteiger partial charge in [-0.05, 0) is 24.1 Å². The normalized spacial score (nSPS) is 17.6. The van der Waals surface area contributed by atoms with E-state index in [0.717, 1.165) is 22.9 Å². The Balaban J connectivity index is 1.56. The Hall–Kier alpha value is -4.83. The molecule has 0 saturated carbocycles. The Bertz CT molecular complexity index is 1340. The molecular weight excluding hydrogens is 470 g/mol. The fourth-order valence-electron chi connectivity index (χ4n) is 3.89. The zero-order valence-corrected chi connectivity index (χ0v) is 20.2. The van der Waals surface area contributed by atoms with Gasteiger partial charge in [-0.25, -0.2) is 4.99 Å². The van der Waals surface area contributed by atoms with Gasteiger partial charge in [-0.3, -0.25) is 15.6 Å². The predicted molar refractivity (Wildman–Crippen MR) is 143 cm³/mol. The van der Waals surface area contributed by atoms with Crippen molar-refractivity contribution in [2.45, 2.75) is 12.6 Å². The third-order valence-corrected chi connectivity index (χ3v) is 5.64. The molecule has 0 aromatic heterocycles. The number of aliphatic imine (C=N–C) groups is 1. The Labute approximate surface area is 214 Å². The zero-order valence-electron chi connectivity index (χ0n) is 20.2. The fourth-order valence-corrected chi connectivity index (χ4v) is 3.89. The van der Waals surface area contributed by atoms with Gasteiger partial charge in [-0.15, -0.1) is 0 Å². The number of hydrogen-bond acceptors (Lipinski definition) is 8. The van der Waals surface area contributed by atoms with Crippen molar-refractivity contribution in [1.82, 2.24) is 10.6 Å². The molecule has 2 aromatic carbocycles. The number of amidine groups is 1. The highest BCUT2D eigenvalue weighted by molar-refractivity contribution is 6.20. The van der Waals surface area contributed by atoms with Gasteiger partial charge in [0.15, 0.2) is 0 Å². The largest absolute Gasteiger partial charge is 0.407 e. The van der Waals surface area contributed by atoms with E-state index >= 15 is 0 Å². The molecule has 1 atom stereocenters. The minimum atomic E-state index is -1.19. The molecule has 0 saturated heterocycles. The first-order chi connectivity index (χ1) is 18.0. The first-order valence-electron chi connectivity index (χ1n) is 11.5.